The van der Waals surface area contributed by atoms with Gasteiger partial charge in [-0.15, -0.1) is 0 Å². The van der Waals surface area contributed by atoms with Gasteiger partial charge in [0.1, 0.15) is 0 Å². The van der Waals surface area contributed by atoms with E-state index in [2.05, 4.69) is 64.8 Å². The van der Waals surface area contributed by atoms with Crippen molar-refractivity contribution in [1.82, 2.24) is 0 Å². The summed E-state index contributed by atoms with van der Waals surface area (Å²) < 4.78 is 0. The van der Waals surface area contributed by atoms with Crippen LogP contribution in [0.5, 0.6) is 0 Å². The molecule has 0 spiro atoms. The van der Waals surface area contributed by atoms with Gasteiger partial charge in [0, 0.05) is 19.3 Å². The van der Waals surface area contributed by atoms with Crippen molar-refractivity contribution in [2.45, 2.75) is 46.5 Å². The van der Waals surface area contributed by atoms with Crippen LogP contribution in [0.1, 0.15) is 45.2 Å². The van der Waals surface area contributed by atoms with E-state index in [4.69, 9.17) is 5.73 Å². The molecule has 2 heteroatoms. The van der Waals surface area contributed by atoms with Crippen molar-refractivity contribution in [3.63, 3.8) is 0 Å². The lowest BCUT2D eigenvalue weighted by molar-refractivity contribution is 0.520. The Morgan fingerprint density at radius 1 is 1.26 bits per heavy atom. The van der Waals surface area contributed by atoms with Crippen molar-refractivity contribution < 1.29 is 0 Å². The maximum atomic E-state index is 5.82. The molecule has 0 saturated carbocycles. The third-order valence-electron chi connectivity index (χ3n) is 3.93. The van der Waals surface area contributed by atoms with Crippen molar-refractivity contribution in [2.24, 2.45) is 11.7 Å². The summed E-state index contributed by atoms with van der Waals surface area (Å²) in [5.74, 6) is 0.572. The molecule has 19 heavy (non-hydrogen) atoms. The SMILES string of the molecule is CCC(CN)CN(C)c1cc(C(C)(C)C)ccc1C. The van der Waals surface area contributed by atoms with E-state index in [0.29, 0.717) is 5.92 Å². The minimum Gasteiger partial charge on any atom is -0.374 e. The molecule has 0 radical (unpaired) electrons. The Kier molecular flexibility index (Phi) is 5.42. The molecule has 108 valence electrons. The predicted molar refractivity (Wildman–Crippen MR) is 86.0 cm³/mol. The Morgan fingerprint density at radius 2 is 1.89 bits per heavy atom. The Morgan fingerprint density at radius 3 is 2.37 bits per heavy atom. The zero-order valence-corrected chi connectivity index (χ0v) is 13.5. The van der Waals surface area contributed by atoms with Gasteiger partial charge in [-0.3, -0.25) is 0 Å². The fourth-order valence-corrected chi connectivity index (χ4v) is 2.34. The average Bonchev–Trinajstić information content (AvgIpc) is 2.34. The van der Waals surface area contributed by atoms with Crippen LogP contribution in [0.15, 0.2) is 18.2 Å². The molecule has 0 bridgehead atoms. The Balaban J connectivity index is 2.98. The van der Waals surface area contributed by atoms with Crippen LogP contribution in [0, 0.1) is 12.8 Å². The molecule has 0 aliphatic heterocycles. The van der Waals surface area contributed by atoms with Gasteiger partial charge in [0.2, 0.25) is 0 Å². The standard InChI is InChI=1S/C17H30N2/c1-7-14(11-18)12-19(6)16-10-15(17(3,4)5)9-8-13(16)2/h8-10,14H,7,11-12,18H2,1-6H3. The first-order valence-corrected chi connectivity index (χ1v) is 7.32. The molecule has 0 fully saturated rings. The highest BCUT2D eigenvalue weighted by molar-refractivity contribution is 5.55. The first-order valence-electron chi connectivity index (χ1n) is 7.32. The number of hydrogen-bond donors (Lipinski definition) is 1. The van der Waals surface area contributed by atoms with E-state index in [0.717, 1.165) is 19.5 Å². The van der Waals surface area contributed by atoms with Crippen molar-refractivity contribution in [3.05, 3.63) is 29.3 Å². The summed E-state index contributed by atoms with van der Waals surface area (Å²) in [6.45, 7) is 13.0. The summed E-state index contributed by atoms with van der Waals surface area (Å²) in [4.78, 5) is 2.35. The number of nitrogens with two attached hydrogens (primary N) is 1. The zero-order valence-electron chi connectivity index (χ0n) is 13.5. The Labute approximate surface area is 119 Å². The zero-order chi connectivity index (χ0) is 14.6. The van der Waals surface area contributed by atoms with E-state index >= 15 is 0 Å². The number of nitrogens with zero attached hydrogens (tertiary/aromatic N) is 1. The van der Waals surface area contributed by atoms with Crippen molar-refractivity contribution in [3.8, 4) is 0 Å². The third-order valence-corrected chi connectivity index (χ3v) is 3.93. The second kappa shape index (κ2) is 6.42. The van der Waals surface area contributed by atoms with Crippen LogP contribution in [0.4, 0.5) is 5.69 Å². The maximum absolute atomic E-state index is 5.82. The molecule has 0 aliphatic carbocycles. The monoisotopic (exact) mass is 262 g/mol. The lowest BCUT2D eigenvalue weighted by Gasteiger charge is -2.28. The molecule has 0 aliphatic rings. The van der Waals surface area contributed by atoms with E-state index in [9.17, 15) is 0 Å². The molecule has 1 aromatic rings. The van der Waals surface area contributed by atoms with Crippen LogP contribution in [0.3, 0.4) is 0 Å². The first kappa shape index (κ1) is 16.0. The van der Waals surface area contributed by atoms with Crippen molar-refractivity contribution >= 4 is 5.69 Å². The second-order valence-electron chi connectivity index (χ2n) is 6.64. The molecule has 1 rings (SSSR count). The molecular formula is C17H30N2. The van der Waals surface area contributed by atoms with Crippen LogP contribution in [-0.2, 0) is 5.41 Å². The van der Waals surface area contributed by atoms with E-state index in [1.807, 2.05) is 0 Å². The number of aryl methyl sites for hydroxylation is 1. The highest BCUT2D eigenvalue weighted by Crippen LogP contribution is 2.29. The summed E-state index contributed by atoms with van der Waals surface area (Å²) in [5.41, 5.74) is 10.1. The maximum Gasteiger partial charge on any atom is 0.0396 e. The summed E-state index contributed by atoms with van der Waals surface area (Å²) >= 11 is 0. The van der Waals surface area contributed by atoms with Crippen LogP contribution in [0.25, 0.3) is 0 Å². The van der Waals surface area contributed by atoms with Crippen LogP contribution in [0.2, 0.25) is 0 Å². The first-order chi connectivity index (χ1) is 8.79. The van der Waals surface area contributed by atoms with Gasteiger partial charge < -0.3 is 10.6 Å². The van der Waals surface area contributed by atoms with E-state index in [1.165, 1.54) is 16.8 Å². The van der Waals surface area contributed by atoms with E-state index in [1.54, 1.807) is 0 Å². The lowest BCUT2D eigenvalue weighted by atomic mass is 9.86. The molecule has 0 saturated heterocycles. The summed E-state index contributed by atoms with van der Waals surface area (Å²) in [6, 6.07) is 6.81. The normalized spacial score (nSPS) is 13.4. The summed E-state index contributed by atoms with van der Waals surface area (Å²) in [7, 11) is 2.17. The van der Waals surface area contributed by atoms with E-state index in [-0.39, 0.29) is 5.41 Å². The molecule has 1 aromatic carbocycles. The quantitative estimate of drug-likeness (QED) is 0.876. The van der Waals surface area contributed by atoms with Gasteiger partial charge in [-0.25, -0.2) is 0 Å². The Bertz CT molecular complexity index is 400. The topological polar surface area (TPSA) is 29.3 Å². The van der Waals surface area contributed by atoms with Crippen LogP contribution in [-0.4, -0.2) is 20.1 Å². The van der Waals surface area contributed by atoms with Crippen LogP contribution < -0.4 is 10.6 Å². The number of rotatable bonds is 5. The molecule has 2 N–H and O–H groups in total. The Hall–Kier alpha value is -1.02. The fourth-order valence-electron chi connectivity index (χ4n) is 2.34. The molecule has 0 aromatic heterocycles. The number of anilines is 1. The van der Waals surface area contributed by atoms with Crippen molar-refractivity contribution in [1.29, 1.82) is 0 Å². The van der Waals surface area contributed by atoms with E-state index < -0.39 is 0 Å². The smallest absolute Gasteiger partial charge is 0.0396 e. The second-order valence-corrected chi connectivity index (χ2v) is 6.64. The summed E-state index contributed by atoms with van der Waals surface area (Å²) in [6.07, 6.45) is 1.14. The minimum absolute atomic E-state index is 0.196. The van der Waals surface area contributed by atoms with Gasteiger partial charge in [-0.2, -0.15) is 0 Å². The lowest BCUT2D eigenvalue weighted by Crippen LogP contribution is -2.30. The van der Waals surface area contributed by atoms with Crippen LogP contribution >= 0.6 is 0 Å². The number of hydrogen-bond acceptors (Lipinski definition) is 2. The largest absolute Gasteiger partial charge is 0.374 e. The average molecular weight is 262 g/mol. The molecule has 0 amide bonds. The van der Waals surface area contributed by atoms with Gasteiger partial charge in [-0.1, -0.05) is 46.2 Å². The highest BCUT2D eigenvalue weighted by Gasteiger charge is 2.17. The molecule has 0 heterocycles. The minimum atomic E-state index is 0.196. The number of benzene rings is 1. The van der Waals surface area contributed by atoms with Gasteiger partial charge in [-0.05, 0) is 42.0 Å². The van der Waals surface area contributed by atoms with Gasteiger partial charge in [0.05, 0.1) is 0 Å². The molecular weight excluding hydrogens is 232 g/mol. The van der Waals surface area contributed by atoms with Gasteiger partial charge in [0.15, 0.2) is 0 Å². The third kappa shape index (κ3) is 4.24. The molecule has 1 unspecified atom stereocenters. The highest BCUT2D eigenvalue weighted by atomic mass is 15.1. The van der Waals surface area contributed by atoms with Crippen molar-refractivity contribution in [2.75, 3.05) is 25.0 Å². The van der Waals surface area contributed by atoms with Gasteiger partial charge in [0.25, 0.3) is 0 Å². The fraction of sp³-hybridized carbons (Fsp3) is 0.647. The van der Waals surface area contributed by atoms with Gasteiger partial charge >= 0.3 is 0 Å². The molecule has 2 nitrogen and oxygen atoms in total. The predicted octanol–water partition coefficient (Wildman–Crippen LogP) is 3.71. The summed E-state index contributed by atoms with van der Waals surface area (Å²) in [5, 5.41) is 0. The molecule has 1 atom stereocenters.